The molecule has 0 spiro atoms. The third-order valence-corrected chi connectivity index (χ3v) is 2.82. The quantitative estimate of drug-likeness (QED) is 0.740. The lowest BCUT2D eigenvalue weighted by atomic mass is 10.0. The predicted octanol–water partition coefficient (Wildman–Crippen LogP) is 4.55. The summed E-state index contributed by atoms with van der Waals surface area (Å²) in [7, 11) is 0. The van der Waals surface area contributed by atoms with Crippen molar-refractivity contribution < 1.29 is 0 Å². The number of benzene rings is 2. The zero-order valence-electron chi connectivity index (χ0n) is 8.80. The van der Waals surface area contributed by atoms with Gasteiger partial charge in [-0.15, -0.1) is 0 Å². The van der Waals surface area contributed by atoms with Crippen LogP contribution in [0.2, 0.25) is 10.0 Å². The van der Waals surface area contributed by atoms with Crippen LogP contribution in [-0.2, 0) is 0 Å². The van der Waals surface area contributed by atoms with E-state index in [2.05, 4.69) is 0 Å². The summed E-state index contributed by atoms with van der Waals surface area (Å²) in [6.07, 6.45) is 0. The number of rotatable bonds is 1. The van der Waals surface area contributed by atoms with Crippen molar-refractivity contribution in [3.05, 3.63) is 52.0 Å². The molecule has 0 aliphatic rings. The van der Waals surface area contributed by atoms with Gasteiger partial charge in [0, 0.05) is 21.3 Å². The van der Waals surface area contributed by atoms with Gasteiger partial charge in [-0.3, -0.25) is 0 Å². The third kappa shape index (κ3) is 2.31. The highest BCUT2D eigenvalue weighted by Gasteiger charge is 2.05. The Morgan fingerprint density at radius 2 is 1.56 bits per heavy atom. The lowest BCUT2D eigenvalue weighted by molar-refractivity contribution is 1.47. The first kappa shape index (κ1) is 11.3. The molecule has 2 N–H and O–H groups in total. The maximum Gasteiger partial charge on any atom is 0.0426 e. The first-order valence-electron chi connectivity index (χ1n) is 4.89. The van der Waals surface area contributed by atoms with Crippen LogP contribution < -0.4 is 5.73 Å². The molecule has 0 saturated heterocycles. The minimum Gasteiger partial charge on any atom is -0.398 e. The Bertz CT molecular complexity index is 515. The van der Waals surface area contributed by atoms with Crippen LogP contribution in [-0.4, -0.2) is 0 Å². The van der Waals surface area contributed by atoms with Gasteiger partial charge in [0.15, 0.2) is 0 Å². The van der Waals surface area contributed by atoms with E-state index in [4.69, 9.17) is 28.9 Å². The number of nitrogen functional groups attached to an aromatic ring is 1. The molecule has 2 aromatic carbocycles. The first-order chi connectivity index (χ1) is 7.56. The van der Waals surface area contributed by atoms with E-state index in [9.17, 15) is 0 Å². The Morgan fingerprint density at radius 3 is 2.12 bits per heavy atom. The Balaban J connectivity index is 2.58. The molecule has 2 rings (SSSR count). The smallest absolute Gasteiger partial charge is 0.0426 e. The van der Waals surface area contributed by atoms with Gasteiger partial charge < -0.3 is 5.73 Å². The van der Waals surface area contributed by atoms with Crippen molar-refractivity contribution in [3.63, 3.8) is 0 Å². The summed E-state index contributed by atoms with van der Waals surface area (Å²) >= 11 is 11.9. The Hall–Kier alpha value is -1.18. The SMILES string of the molecule is Cc1ccc(-c2cc(Cl)cc(Cl)c2)c(N)c1. The van der Waals surface area contributed by atoms with Crippen LogP contribution in [0.4, 0.5) is 5.69 Å². The number of anilines is 1. The third-order valence-electron chi connectivity index (χ3n) is 2.38. The number of hydrogen-bond donors (Lipinski definition) is 1. The summed E-state index contributed by atoms with van der Waals surface area (Å²) in [6, 6.07) is 11.3. The molecule has 0 atom stereocenters. The van der Waals surface area contributed by atoms with E-state index in [0.717, 1.165) is 22.4 Å². The van der Waals surface area contributed by atoms with Crippen molar-refractivity contribution in [2.45, 2.75) is 6.92 Å². The Labute approximate surface area is 105 Å². The molecule has 16 heavy (non-hydrogen) atoms. The molecule has 0 aliphatic carbocycles. The van der Waals surface area contributed by atoms with Crippen LogP contribution in [0.15, 0.2) is 36.4 Å². The minimum atomic E-state index is 0.613. The summed E-state index contributed by atoms with van der Waals surface area (Å²) in [6.45, 7) is 2.01. The van der Waals surface area contributed by atoms with Gasteiger partial charge in [0.2, 0.25) is 0 Å². The van der Waals surface area contributed by atoms with E-state index in [1.165, 1.54) is 0 Å². The average Bonchev–Trinajstić information content (AvgIpc) is 2.15. The number of hydrogen-bond acceptors (Lipinski definition) is 1. The molecule has 1 nitrogen and oxygen atoms in total. The summed E-state index contributed by atoms with van der Waals surface area (Å²) < 4.78 is 0. The van der Waals surface area contributed by atoms with Gasteiger partial charge in [0.25, 0.3) is 0 Å². The molecule has 3 heteroatoms. The van der Waals surface area contributed by atoms with Crippen LogP contribution in [0.5, 0.6) is 0 Å². The lowest BCUT2D eigenvalue weighted by Gasteiger charge is -2.08. The average molecular weight is 252 g/mol. The van der Waals surface area contributed by atoms with E-state index < -0.39 is 0 Å². The number of aryl methyl sites for hydroxylation is 1. The van der Waals surface area contributed by atoms with Crippen molar-refractivity contribution in [2.24, 2.45) is 0 Å². The zero-order valence-corrected chi connectivity index (χ0v) is 10.3. The van der Waals surface area contributed by atoms with E-state index in [0.29, 0.717) is 10.0 Å². The maximum absolute atomic E-state index is 5.97. The van der Waals surface area contributed by atoms with Crippen LogP contribution in [0.1, 0.15) is 5.56 Å². The van der Waals surface area contributed by atoms with Crippen LogP contribution in [0.3, 0.4) is 0 Å². The van der Waals surface area contributed by atoms with E-state index >= 15 is 0 Å². The molecule has 0 aliphatic heterocycles. The maximum atomic E-state index is 5.97. The summed E-state index contributed by atoms with van der Waals surface area (Å²) in [5, 5.41) is 1.23. The summed E-state index contributed by atoms with van der Waals surface area (Å²) in [5.74, 6) is 0. The standard InChI is InChI=1S/C13H11Cl2N/c1-8-2-3-12(13(16)4-8)9-5-10(14)7-11(15)6-9/h2-7H,16H2,1H3. The second-order valence-electron chi connectivity index (χ2n) is 3.75. The van der Waals surface area contributed by atoms with Crippen LogP contribution in [0, 0.1) is 6.92 Å². The second kappa shape index (κ2) is 4.36. The van der Waals surface area contributed by atoms with Crippen molar-refractivity contribution in [3.8, 4) is 11.1 Å². The Kier molecular flexibility index (Phi) is 3.08. The van der Waals surface area contributed by atoms with Gasteiger partial charge in [-0.1, -0.05) is 35.3 Å². The highest BCUT2D eigenvalue weighted by atomic mass is 35.5. The molecule has 0 unspecified atom stereocenters. The van der Waals surface area contributed by atoms with Crippen LogP contribution in [0.25, 0.3) is 11.1 Å². The lowest BCUT2D eigenvalue weighted by Crippen LogP contribution is -1.90. The fraction of sp³-hybridized carbons (Fsp3) is 0.0769. The van der Waals surface area contributed by atoms with Gasteiger partial charge in [0.1, 0.15) is 0 Å². The molecule has 82 valence electrons. The topological polar surface area (TPSA) is 26.0 Å². The molecule has 0 heterocycles. The molecule has 0 amide bonds. The molecular weight excluding hydrogens is 241 g/mol. The van der Waals surface area contributed by atoms with Gasteiger partial charge in [-0.2, -0.15) is 0 Å². The largest absolute Gasteiger partial charge is 0.398 e. The Morgan fingerprint density at radius 1 is 0.938 bits per heavy atom. The molecule has 0 bridgehead atoms. The number of nitrogens with two attached hydrogens (primary N) is 1. The molecule has 0 aromatic heterocycles. The van der Waals surface area contributed by atoms with Crippen molar-refractivity contribution in [2.75, 3.05) is 5.73 Å². The van der Waals surface area contributed by atoms with Gasteiger partial charge in [-0.25, -0.2) is 0 Å². The van der Waals surface area contributed by atoms with Gasteiger partial charge in [-0.05, 0) is 42.3 Å². The normalized spacial score (nSPS) is 10.4. The first-order valence-corrected chi connectivity index (χ1v) is 5.64. The second-order valence-corrected chi connectivity index (χ2v) is 4.62. The zero-order chi connectivity index (χ0) is 11.7. The predicted molar refractivity (Wildman–Crippen MR) is 71.0 cm³/mol. The molecule has 0 fully saturated rings. The van der Waals surface area contributed by atoms with Crippen LogP contribution >= 0.6 is 23.2 Å². The van der Waals surface area contributed by atoms with Crippen molar-refractivity contribution in [1.82, 2.24) is 0 Å². The molecule has 0 saturated carbocycles. The van der Waals surface area contributed by atoms with Gasteiger partial charge in [0.05, 0.1) is 0 Å². The fourth-order valence-corrected chi connectivity index (χ4v) is 2.18. The molecule has 2 aromatic rings. The monoisotopic (exact) mass is 251 g/mol. The van der Waals surface area contributed by atoms with E-state index in [1.54, 1.807) is 6.07 Å². The number of halogens is 2. The van der Waals surface area contributed by atoms with Crippen molar-refractivity contribution in [1.29, 1.82) is 0 Å². The highest BCUT2D eigenvalue weighted by Crippen LogP contribution is 2.31. The van der Waals surface area contributed by atoms with E-state index in [1.807, 2.05) is 37.3 Å². The van der Waals surface area contributed by atoms with Crippen molar-refractivity contribution >= 4 is 28.9 Å². The van der Waals surface area contributed by atoms with Gasteiger partial charge >= 0.3 is 0 Å². The highest BCUT2D eigenvalue weighted by molar-refractivity contribution is 6.35. The molecular formula is C13H11Cl2N. The fourth-order valence-electron chi connectivity index (χ4n) is 1.65. The summed E-state index contributed by atoms with van der Waals surface area (Å²) in [4.78, 5) is 0. The van der Waals surface area contributed by atoms with E-state index in [-0.39, 0.29) is 0 Å². The summed E-state index contributed by atoms with van der Waals surface area (Å²) in [5.41, 5.74) is 9.73. The minimum absolute atomic E-state index is 0.613. The molecule has 0 radical (unpaired) electrons.